The van der Waals surface area contributed by atoms with Gasteiger partial charge < -0.3 is 14.8 Å². The van der Waals surface area contributed by atoms with E-state index in [0.29, 0.717) is 0 Å². The third-order valence-electron chi connectivity index (χ3n) is 1.88. The van der Waals surface area contributed by atoms with Crippen LogP contribution in [0.5, 0.6) is 0 Å². The van der Waals surface area contributed by atoms with Crippen LogP contribution in [0.2, 0.25) is 0 Å². The molecule has 1 aromatic rings. The van der Waals surface area contributed by atoms with E-state index in [9.17, 15) is 9.59 Å². The lowest BCUT2D eigenvalue weighted by atomic mass is 10.2. The first-order valence-electron chi connectivity index (χ1n) is 4.62. The van der Waals surface area contributed by atoms with Gasteiger partial charge in [0.15, 0.2) is 0 Å². The Balaban J connectivity index is 2.94. The first-order chi connectivity index (χ1) is 7.54. The van der Waals surface area contributed by atoms with Gasteiger partial charge in [-0.05, 0) is 0 Å². The second-order valence-electron chi connectivity index (χ2n) is 3.26. The summed E-state index contributed by atoms with van der Waals surface area (Å²) in [4.78, 5) is 24.4. The number of aliphatic hydroxyl groups is 2. The summed E-state index contributed by atoms with van der Waals surface area (Å²) in [5, 5.41) is 17.5. The van der Waals surface area contributed by atoms with Crippen molar-refractivity contribution in [3.63, 3.8) is 0 Å². The molecule has 0 amide bonds. The normalized spacial score (nSPS) is 11.7. The highest BCUT2D eigenvalue weighted by Crippen LogP contribution is 1.88. The van der Waals surface area contributed by atoms with Gasteiger partial charge in [0.25, 0.3) is 5.56 Å². The third kappa shape index (κ3) is 3.08. The van der Waals surface area contributed by atoms with Gasteiger partial charge in [-0.15, -0.1) is 0 Å². The molecule has 0 fully saturated rings. The van der Waals surface area contributed by atoms with Crippen LogP contribution in [0.1, 0.15) is 12.0 Å². The Morgan fingerprint density at radius 3 is 2.88 bits per heavy atom. The van der Waals surface area contributed by atoms with E-state index >= 15 is 0 Å². The SMILES string of the molecule is Cn1cc(C#CCC(O)CO)c(=O)[nH]c1=O. The van der Waals surface area contributed by atoms with Gasteiger partial charge in [0, 0.05) is 19.7 Å². The summed E-state index contributed by atoms with van der Waals surface area (Å²) in [6.07, 6.45) is 0.470. The quantitative estimate of drug-likeness (QED) is 0.515. The summed E-state index contributed by atoms with van der Waals surface area (Å²) in [7, 11) is 1.49. The van der Waals surface area contributed by atoms with Gasteiger partial charge in [-0.25, -0.2) is 4.79 Å². The Bertz CT molecular complexity index is 532. The molecule has 0 radical (unpaired) electrons. The number of hydrogen-bond acceptors (Lipinski definition) is 4. The Labute approximate surface area is 91.2 Å². The van der Waals surface area contributed by atoms with Crippen LogP contribution in [0.3, 0.4) is 0 Å². The standard InChI is InChI=1S/C10H12N2O4/c1-12-5-7(9(15)11-10(12)16)3-2-4-8(14)6-13/h5,8,13-14H,4,6H2,1H3,(H,11,15,16). The molecule has 1 aromatic heterocycles. The molecule has 0 saturated carbocycles. The minimum absolute atomic E-state index is 0.0682. The molecule has 86 valence electrons. The first-order valence-corrected chi connectivity index (χ1v) is 4.62. The molecule has 0 aliphatic heterocycles. The van der Waals surface area contributed by atoms with Gasteiger partial charge in [-0.2, -0.15) is 0 Å². The van der Waals surface area contributed by atoms with E-state index in [1.54, 1.807) is 0 Å². The average molecular weight is 224 g/mol. The zero-order valence-electron chi connectivity index (χ0n) is 8.73. The molecule has 6 nitrogen and oxygen atoms in total. The number of nitrogens with zero attached hydrogens (tertiary/aromatic N) is 1. The first kappa shape index (κ1) is 12.2. The molecular formula is C10H12N2O4. The number of aromatic nitrogens is 2. The van der Waals surface area contributed by atoms with E-state index in [2.05, 4.69) is 16.8 Å². The molecule has 1 heterocycles. The van der Waals surface area contributed by atoms with Crippen LogP contribution in [-0.2, 0) is 7.05 Å². The van der Waals surface area contributed by atoms with Crippen molar-refractivity contribution in [3.8, 4) is 11.8 Å². The van der Waals surface area contributed by atoms with Crippen molar-refractivity contribution in [1.82, 2.24) is 9.55 Å². The van der Waals surface area contributed by atoms with E-state index in [1.807, 2.05) is 0 Å². The predicted molar refractivity (Wildman–Crippen MR) is 56.9 cm³/mol. The molecule has 1 atom stereocenters. The predicted octanol–water partition coefficient (Wildman–Crippen LogP) is -1.83. The van der Waals surface area contributed by atoms with Gasteiger partial charge in [0.05, 0.1) is 12.7 Å². The summed E-state index contributed by atoms with van der Waals surface area (Å²) in [5.74, 6) is 5.07. The molecule has 0 spiro atoms. The minimum Gasteiger partial charge on any atom is -0.394 e. The molecule has 3 N–H and O–H groups in total. The Kier molecular flexibility index (Phi) is 4.05. The number of hydrogen-bond donors (Lipinski definition) is 3. The molecule has 0 saturated heterocycles. The maximum absolute atomic E-state index is 11.3. The Hall–Kier alpha value is -1.84. The van der Waals surface area contributed by atoms with Crippen LogP contribution in [0, 0.1) is 11.8 Å². The zero-order valence-corrected chi connectivity index (χ0v) is 8.73. The summed E-state index contributed by atoms with van der Waals surface area (Å²) < 4.78 is 1.20. The van der Waals surface area contributed by atoms with Crippen LogP contribution in [0.25, 0.3) is 0 Å². The van der Waals surface area contributed by atoms with Crippen molar-refractivity contribution in [2.45, 2.75) is 12.5 Å². The van der Waals surface area contributed by atoms with Gasteiger partial charge >= 0.3 is 5.69 Å². The van der Waals surface area contributed by atoms with Crippen molar-refractivity contribution in [1.29, 1.82) is 0 Å². The van der Waals surface area contributed by atoms with Crippen molar-refractivity contribution >= 4 is 0 Å². The van der Waals surface area contributed by atoms with Crippen LogP contribution < -0.4 is 11.2 Å². The van der Waals surface area contributed by atoms with Crippen LogP contribution in [0.4, 0.5) is 0 Å². The lowest BCUT2D eigenvalue weighted by Crippen LogP contribution is -2.29. The molecule has 0 aliphatic carbocycles. The molecule has 6 heteroatoms. The number of rotatable bonds is 2. The number of aliphatic hydroxyl groups excluding tert-OH is 2. The fraction of sp³-hybridized carbons (Fsp3) is 0.400. The Morgan fingerprint density at radius 1 is 1.56 bits per heavy atom. The minimum atomic E-state index is -0.917. The van der Waals surface area contributed by atoms with Gasteiger partial charge in [-0.1, -0.05) is 11.8 Å². The van der Waals surface area contributed by atoms with E-state index in [1.165, 1.54) is 17.8 Å². The van der Waals surface area contributed by atoms with Crippen LogP contribution >= 0.6 is 0 Å². The van der Waals surface area contributed by atoms with Gasteiger partial charge in [0.2, 0.25) is 0 Å². The molecular weight excluding hydrogens is 212 g/mol. The number of aryl methyl sites for hydroxylation is 1. The van der Waals surface area contributed by atoms with Crippen molar-refractivity contribution in [3.05, 3.63) is 32.6 Å². The molecule has 0 bridgehead atoms. The van der Waals surface area contributed by atoms with E-state index in [4.69, 9.17) is 10.2 Å². The van der Waals surface area contributed by atoms with Crippen LogP contribution in [-0.4, -0.2) is 32.5 Å². The number of aromatic amines is 1. The highest BCUT2D eigenvalue weighted by molar-refractivity contribution is 5.29. The molecule has 1 unspecified atom stereocenters. The topological polar surface area (TPSA) is 95.3 Å². The molecule has 1 rings (SSSR count). The van der Waals surface area contributed by atoms with E-state index < -0.39 is 17.4 Å². The maximum atomic E-state index is 11.3. The van der Waals surface area contributed by atoms with Gasteiger partial charge in [-0.3, -0.25) is 9.78 Å². The van der Waals surface area contributed by atoms with Gasteiger partial charge in [0.1, 0.15) is 5.56 Å². The van der Waals surface area contributed by atoms with E-state index in [0.717, 1.165) is 0 Å². The summed E-state index contributed by atoms with van der Waals surface area (Å²) in [6, 6.07) is 0. The van der Waals surface area contributed by atoms with Crippen molar-refractivity contribution in [2.75, 3.05) is 6.61 Å². The lowest BCUT2D eigenvalue weighted by Gasteiger charge is -1.99. The summed E-state index contributed by atoms with van der Waals surface area (Å²) >= 11 is 0. The second kappa shape index (κ2) is 5.30. The smallest absolute Gasteiger partial charge is 0.328 e. The third-order valence-corrected chi connectivity index (χ3v) is 1.88. The average Bonchev–Trinajstić information content (AvgIpc) is 2.25. The molecule has 0 aromatic carbocycles. The fourth-order valence-electron chi connectivity index (χ4n) is 0.981. The van der Waals surface area contributed by atoms with Crippen molar-refractivity contribution < 1.29 is 10.2 Å². The lowest BCUT2D eigenvalue weighted by molar-refractivity contribution is 0.0992. The van der Waals surface area contributed by atoms with Crippen LogP contribution in [0.15, 0.2) is 15.8 Å². The number of nitrogens with one attached hydrogen (secondary N) is 1. The monoisotopic (exact) mass is 224 g/mol. The Morgan fingerprint density at radius 2 is 2.25 bits per heavy atom. The second-order valence-corrected chi connectivity index (χ2v) is 3.26. The largest absolute Gasteiger partial charge is 0.394 e. The molecule has 16 heavy (non-hydrogen) atoms. The number of H-pyrrole nitrogens is 1. The van der Waals surface area contributed by atoms with E-state index in [-0.39, 0.29) is 18.6 Å². The highest BCUT2D eigenvalue weighted by Gasteiger charge is 2.00. The summed E-state index contributed by atoms with van der Waals surface area (Å²) in [5.41, 5.74) is -0.924. The fourth-order valence-corrected chi connectivity index (χ4v) is 0.981. The summed E-state index contributed by atoms with van der Waals surface area (Å²) in [6.45, 7) is -0.377. The highest BCUT2D eigenvalue weighted by atomic mass is 16.3. The molecule has 0 aliphatic rings. The zero-order chi connectivity index (χ0) is 12.1. The maximum Gasteiger partial charge on any atom is 0.328 e. The van der Waals surface area contributed by atoms with Crippen molar-refractivity contribution in [2.24, 2.45) is 7.05 Å².